The fraction of sp³-hybridized carbons (Fsp3) is 0.378. The fourth-order valence-corrected chi connectivity index (χ4v) is 6.70. The van der Waals surface area contributed by atoms with E-state index in [1.165, 1.54) is 30.4 Å². The molecule has 1 saturated heterocycles. The van der Waals surface area contributed by atoms with E-state index in [0.717, 1.165) is 66.8 Å². The molecule has 0 radical (unpaired) electrons. The summed E-state index contributed by atoms with van der Waals surface area (Å²) in [4.78, 5) is 35.0. The van der Waals surface area contributed by atoms with Gasteiger partial charge in [-0.25, -0.2) is 4.98 Å². The minimum atomic E-state index is -0.663. The highest BCUT2D eigenvalue weighted by atomic mass is 32.2. The topological polar surface area (TPSA) is 74.3 Å². The zero-order chi connectivity index (χ0) is 30.6. The molecule has 1 aliphatic rings. The average molecular weight is 609 g/mol. The standard InChI is InChI=1S/C37H44N4O2S/c1-2-3-13-28-18-19-33-31(24-28)32(25-34(39-33)30-16-9-5-10-17-30)36(42)40-35(27-44-26-29-14-7-4-8-15-29)37(43)38-20-23-41-21-11-6-12-22-41/h4-5,7-10,14-19,24-25,35H,2-3,6,11-13,20-23,26-27H2,1H3,(H,38,43)(H,40,42). The number of unbranched alkanes of at least 4 members (excludes halogenated alkanes) is 1. The van der Waals surface area contributed by atoms with Crippen molar-refractivity contribution >= 4 is 34.5 Å². The maximum absolute atomic E-state index is 14.1. The van der Waals surface area contributed by atoms with Gasteiger partial charge in [-0.1, -0.05) is 86.5 Å². The average Bonchev–Trinajstić information content (AvgIpc) is 3.07. The van der Waals surface area contributed by atoms with E-state index in [0.29, 0.717) is 17.9 Å². The predicted octanol–water partition coefficient (Wildman–Crippen LogP) is 6.88. The third kappa shape index (κ3) is 8.93. The summed E-state index contributed by atoms with van der Waals surface area (Å²) in [5.41, 5.74) is 5.40. The van der Waals surface area contributed by atoms with E-state index in [2.05, 4.69) is 46.7 Å². The Morgan fingerprint density at radius 1 is 0.909 bits per heavy atom. The number of hydrogen-bond acceptors (Lipinski definition) is 5. The number of carbonyl (C=O) groups excluding carboxylic acids is 2. The highest BCUT2D eigenvalue weighted by Crippen LogP contribution is 2.27. The van der Waals surface area contributed by atoms with Crippen molar-refractivity contribution in [1.82, 2.24) is 20.5 Å². The number of benzene rings is 3. The second-order valence-corrected chi connectivity index (χ2v) is 12.6. The summed E-state index contributed by atoms with van der Waals surface area (Å²) in [5, 5.41) is 7.07. The van der Waals surface area contributed by atoms with Gasteiger partial charge in [-0.2, -0.15) is 11.8 Å². The summed E-state index contributed by atoms with van der Waals surface area (Å²) >= 11 is 1.66. The van der Waals surface area contributed by atoms with Gasteiger partial charge in [-0.3, -0.25) is 9.59 Å². The molecule has 1 fully saturated rings. The van der Waals surface area contributed by atoms with Crippen molar-refractivity contribution in [2.45, 2.75) is 57.2 Å². The highest BCUT2D eigenvalue weighted by Gasteiger charge is 2.24. The Balaban J connectivity index is 1.38. The summed E-state index contributed by atoms with van der Waals surface area (Å²) in [5.74, 6) is 0.859. The van der Waals surface area contributed by atoms with E-state index in [9.17, 15) is 9.59 Å². The molecule has 7 heteroatoms. The van der Waals surface area contributed by atoms with Crippen LogP contribution in [-0.2, 0) is 17.0 Å². The summed E-state index contributed by atoms with van der Waals surface area (Å²) in [6, 6.07) is 27.6. The van der Waals surface area contributed by atoms with Gasteiger partial charge in [0.2, 0.25) is 5.91 Å². The first kappa shape index (κ1) is 31.7. The number of nitrogens with zero attached hydrogens (tertiary/aromatic N) is 2. The van der Waals surface area contributed by atoms with Crippen LogP contribution in [0.2, 0.25) is 0 Å². The number of aryl methyl sites for hydroxylation is 1. The van der Waals surface area contributed by atoms with E-state index < -0.39 is 6.04 Å². The number of likely N-dealkylation sites (tertiary alicyclic amines) is 1. The molecule has 230 valence electrons. The lowest BCUT2D eigenvalue weighted by Crippen LogP contribution is -2.50. The first-order valence-corrected chi connectivity index (χ1v) is 17.2. The van der Waals surface area contributed by atoms with Crippen LogP contribution in [-0.4, -0.2) is 59.7 Å². The number of pyridine rings is 1. The van der Waals surface area contributed by atoms with Crippen LogP contribution in [0.3, 0.4) is 0 Å². The summed E-state index contributed by atoms with van der Waals surface area (Å²) in [7, 11) is 0. The van der Waals surface area contributed by atoms with Gasteiger partial charge in [-0.05, 0) is 68.1 Å². The lowest BCUT2D eigenvalue weighted by Gasteiger charge is -2.27. The molecule has 5 rings (SSSR count). The van der Waals surface area contributed by atoms with E-state index in [1.54, 1.807) is 11.8 Å². The number of hydrogen-bond donors (Lipinski definition) is 2. The zero-order valence-corrected chi connectivity index (χ0v) is 26.6. The molecule has 2 amide bonds. The largest absolute Gasteiger partial charge is 0.353 e. The molecule has 0 bridgehead atoms. The Morgan fingerprint density at radius 3 is 2.41 bits per heavy atom. The number of thioether (sulfide) groups is 1. The van der Waals surface area contributed by atoms with Crippen LogP contribution in [0.5, 0.6) is 0 Å². The van der Waals surface area contributed by atoms with Crippen LogP contribution < -0.4 is 10.6 Å². The third-order valence-corrected chi connectivity index (χ3v) is 9.31. The van der Waals surface area contributed by atoms with Gasteiger partial charge in [0, 0.05) is 35.5 Å². The Bertz CT molecular complexity index is 1510. The van der Waals surface area contributed by atoms with Crippen molar-refractivity contribution in [2.24, 2.45) is 0 Å². The second kappa shape index (κ2) is 16.4. The maximum Gasteiger partial charge on any atom is 0.252 e. The molecule has 44 heavy (non-hydrogen) atoms. The molecule has 2 N–H and O–H groups in total. The molecule has 0 spiro atoms. The number of aromatic nitrogens is 1. The van der Waals surface area contributed by atoms with Crippen molar-refractivity contribution in [1.29, 1.82) is 0 Å². The Labute approximate surface area is 266 Å². The molecule has 0 aliphatic carbocycles. The quantitative estimate of drug-likeness (QED) is 0.163. The molecule has 2 heterocycles. The fourth-order valence-electron chi connectivity index (χ4n) is 5.69. The van der Waals surface area contributed by atoms with Crippen LogP contribution in [0.25, 0.3) is 22.2 Å². The molecule has 0 saturated carbocycles. The van der Waals surface area contributed by atoms with Crippen LogP contribution in [0.15, 0.2) is 84.9 Å². The van der Waals surface area contributed by atoms with Gasteiger partial charge >= 0.3 is 0 Å². The van der Waals surface area contributed by atoms with Gasteiger partial charge in [0.05, 0.1) is 16.8 Å². The molecule has 1 aromatic heterocycles. The number of nitrogens with one attached hydrogen (secondary N) is 2. The molecule has 1 unspecified atom stereocenters. The number of carbonyl (C=O) groups is 2. The molecular weight excluding hydrogens is 565 g/mol. The first-order valence-electron chi connectivity index (χ1n) is 16.0. The first-order chi connectivity index (χ1) is 21.6. The molecule has 3 aromatic carbocycles. The Hall–Kier alpha value is -3.68. The van der Waals surface area contributed by atoms with Crippen LogP contribution in [0.4, 0.5) is 0 Å². The van der Waals surface area contributed by atoms with E-state index in [1.807, 2.05) is 60.7 Å². The zero-order valence-electron chi connectivity index (χ0n) is 25.8. The van der Waals surface area contributed by atoms with Crippen molar-refractivity contribution in [3.05, 3.63) is 102 Å². The van der Waals surface area contributed by atoms with E-state index in [-0.39, 0.29) is 11.8 Å². The maximum atomic E-state index is 14.1. The number of amides is 2. The van der Waals surface area contributed by atoms with E-state index in [4.69, 9.17) is 4.98 Å². The number of fused-ring (bicyclic) bond motifs is 1. The SMILES string of the molecule is CCCCc1ccc2nc(-c3ccccc3)cc(C(=O)NC(CSCc3ccccc3)C(=O)NCCN3CCCCC3)c2c1. The van der Waals surface area contributed by atoms with Crippen molar-refractivity contribution in [3.63, 3.8) is 0 Å². The summed E-state index contributed by atoms with van der Waals surface area (Å²) in [6.45, 7) is 5.76. The lowest BCUT2D eigenvalue weighted by molar-refractivity contribution is -0.122. The van der Waals surface area contributed by atoms with Crippen molar-refractivity contribution in [2.75, 3.05) is 31.9 Å². The van der Waals surface area contributed by atoms with Crippen LogP contribution in [0.1, 0.15) is 60.5 Å². The van der Waals surface area contributed by atoms with Crippen molar-refractivity contribution < 1.29 is 9.59 Å². The Morgan fingerprint density at radius 2 is 1.66 bits per heavy atom. The molecule has 4 aromatic rings. The number of rotatable bonds is 14. The summed E-state index contributed by atoms with van der Waals surface area (Å²) < 4.78 is 0. The minimum Gasteiger partial charge on any atom is -0.353 e. The second-order valence-electron chi connectivity index (χ2n) is 11.6. The van der Waals surface area contributed by atoms with E-state index >= 15 is 0 Å². The molecular formula is C37H44N4O2S. The van der Waals surface area contributed by atoms with Gasteiger partial charge < -0.3 is 15.5 Å². The van der Waals surface area contributed by atoms with Gasteiger partial charge in [0.15, 0.2) is 0 Å². The molecule has 1 atom stereocenters. The predicted molar refractivity (Wildman–Crippen MR) is 183 cm³/mol. The monoisotopic (exact) mass is 608 g/mol. The smallest absolute Gasteiger partial charge is 0.252 e. The van der Waals surface area contributed by atoms with Crippen LogP contribution >= 0.6 is 11.8 Å². The highest BCUT2D eigenvalue weighted by molar-refractivity contribution is 7.98. The van der Waals surface area contributed by atoms with Gasteiger partial charge in [0.25, 0.3) is 5.91 Å². The van der Waals surface area contributed by atoms with Crippen LogP contribution in [0, 0.1) is 0 Å². The minimum absolute atomic E-state index is 0.138. The van der Waals surface area contributed by atoms with Gasteiger partial charge in [-0.15, -0.1) is 0 Å². The molecule has 1 aliphatic heterocycles. The normalized spacial score (nSPS) is 14.3. The summed E-state index contributed by atoms with van der Waals surface area (Å²) in [6.07, 6.45) is 6.85. The van der Waals surface area contributed by atoms with Gasteiger partial charge in [0.1, 0.15) is 6.04 Å². The molecule has 6 nitrogen and oxygen atoms in total. The number of piperidine rings is 1. The van der Waals surface area contributed by atoms with Crippen molar-refractivity contribution in [3.8, 4) is 11.3 Å². The Kier molecular flexibility index (Phi) is 11.8. The third-order valence-electron chi connectivity index (χ3n) is 8.20. The lowest BCUT2D eigenvalue weighted by atomic mass is 9.99.